The van der Waals surface area contributed by atoms with Crippen LogP contribution in [0.1, 0.15) is 17.2 Å². The van der Waals surface area contributed by atoms with E-state index in [9.17, 15) is 19.1 Å². The van der Waals surface area contributed by atoms with Crippen molar-refractivity contribution in [2.45, 2.75) is 6.04 Å². The Balaban J connectivity index is 1.99. The lowest BCUT2D eigenvalue weighted by Crippen LogP contribution is -2.29. The Labute approximate surface area is 194 Å². The number of hydrogen-bond donors (Lipinski definition) is 1. The highest BCUT2D eigenvalue weighted by molar-refractivity contribution is 6.52. The van der Waals surface area contributed by atoms with Crippen LogP contribution in [0, 0.1) is 5.82 Å². The molecule has 1 N–H and O–H groups in total. The van der Waals surface area contributed by atoms with Crippen molar-refractivity contribution in [3.8, 4) is 11.5 Å². The normalized spacial score (nSPS) is 17.3. The van der Waals surface area contributed by atoms with Gasteiger partial charge in [-0.05, 0) is 36.4 Å². The number of aliphatic hydroxyl groups is 1. The van der Waals surface area contributed by atoms with Crippen LogP contribution in [-0.4, -0.2) is 31.0 Å². The Bertz CT molecular complexity index is 1290. The molecule has 1 saturated heterocycles. The van der Waals surface area contributed by atoms with Gasteiger partial charge in [0.2, 0.25) is 0 Å². The number of aliphatic hydroxyl groups excluding tert-OH is 1. The largest absolute Gasteiger partial charge is 0.507 e. The number of hydrogen-bond acceptors (Lipinski definition) is 5. The van der Waals surface area contributed by atoms with Gasteiger partial charge in [-0.15, -0.1) is 0 Å². The summed E-state index contributed by atoms with van der Waals surface area (Å²) < 4.78 is 25.4. The third-order valence-electron chi connectivity index (χ3n) is 5.42. The van der Waals surface area contributed by atoms with Crippen molar-refractivity contribution in [3.63, 3.8) is 0 Å². The third kappa shape index (κ3) is 3.81. The van der Waals surface area contributed by atoms with Crippen LogP contribution in [0.25, 0.3) is 5.76 Å². The quantitative estimate of drug-likeness (QED) is 0.320. The summed E-state index contributed by atoms with van der Waals surface area (Å²) in [6.45, 7) is 0. The molecule has 168 valence electrons. The number of amides is 1. The Morgan fingerprint density at radius 2 is 1.64 bits per heavy atom. The minimum Gasteiger partial charge on any atom is -0.507 e. The second-order valence-electron chi connectivity index (χ2n) is 7.21. The van der Waals surface area contributed by atoms with Crippen LogP contribution in [0.2, 0.25) is 5.02 Å². The molecule has 1 amide bonds. The number of methoxy groups -OCH3 is 2. The van der Waals surface area contributed by atoms with Crippen molar-refractivity contribution >= 4 is 34.7 Å². The predicted molar refractivity (Wildman–Crippen MR) is 122 cm³/mol. The maximum atomic E-state index is 14.9. The van der Waals surface area contributed by atoms with Gasteiger partial charge in [-0.3, -0.25) is 14.5 Å². The smallest absolute Gasteiger partial charge is 0.300 e. The minimum absolute atomic E-state index is 0.0417. The molecule has 1 unspecified atom stereocenters. The summed E-state index contributed by atoms with van der Waals surface area (Å²) in [5, 5.41) is 11.4. The van der Waals surface area contributed by atoms with Crippen molar-refractivity contribution in [1.82, 2.24) is 0 Å². The summed E-state index contributed by atoms with van der Waals surface area (Å²) in [6, 6.07) is 15.5. The van der Waals surface area contributed by atoms with Gasteiger partial charge in [-0.1, -0.05) is 41.9 Å². The zero-order chi connectivity index (χ0) is 23.7. The van der Waals surface area contributed by atoms with Crippen LogP contribution < -0.4 is 14.4 Å². The monoisotopic (exact) mass is 467 g/mol. The molecule has 1 fully saturated rings. The SMILES string of the molecule is COc1ccc(N2C(=O)C(=O)/C(=C(/O)c3ccccc3OC)C2c2ccccc2F)cc1Cl. The molecule has 1 heterocycles. The molecule has 0 radical (unpaired) electrons. The zero-order valence-electron chi connectivity index (χ0n) is 17.7. The van der Waals surface area contributed by atoms with E-state index in [2.05, 4.69) is 0 Å². The van der Waals surface area contributed by atoms with E-state index in [0.29, 0.717) is 11.5 Å². The maximum absolute atomic E-state index is 14.9. The first kappa shape index (κ1) is 22.4. The van der Waals surface area contributed by atoms with Crippen molar-refractivity contribution in [2.24, 2.45) is 0 Å². The van der Waals surface area contributed by atoms with E-state index in [4.69, 9.17) is 21.1 Å². The third-order valence-corrected chi connectivity index (χ3v) is 5.72. The van der Waals surface area contributed by atoms with Gasteiger partial charge in [0.05, 0.1) is 36.4 Å². The molecule has 1 aliphatic heterocycles. The molecular weight excluding hydrogens is 449 g/mol. The van der Waals surface area contributed by atoms with Crippen LogP contribution in [0.5, 0.6) is 11.5 Å². The number of ketones is 1. The number of ether oxygens (including phenoxy) is 2. The molecule has 33 heavy (non-hydrogen) atoms. The number of para-hydroxylation sites is 1. The Morgan fingerprint density at radius 3 is 2.30 bits per heavy atom. The van der Waals surface area contributed by atoms with Gasteiger partial charge in [0.25, 0.3) is 11.7 Å². The van der Waals surface area contributed by atoms with E-state index >= 15 is 0 Å². The molecule has 0 aliphatic carbocycles. The van der Waals surface area contributed by atoms with Gasteiger partial charge in [0, 0.05) is 11.3 Å². The number of Topliss-reactive ketones (excluding diaryl/α,β-unsaturated/α-hetero) is 1. The molecule has 3 aromatic carbocycles. The van der Waals surface area contributed by atoms with Crippen LogP contribution in [0.4, 0.5) is 10.1 Å². The van der Waals surface area contributed by atoms with Crippen molar-refractivity contribution < 1.29 is 28.6 Å². The fourth-order valence-corrected chi connectivity index (χ4v) is 4.13. The van der Waals surface area contributed by atoms with Crippen molar-refractivity contribution in [2.75, 3.05) is 19.1 Å². The predicted octanol–water partition coefficient (Wildman–Crippen LogP) is 5.12. The highest BCUT2D eigenvalue weighted by atomic mass is 35.5. The first-order valence-electron chi connectivity index (χ1n) is 9.91. The lowest BCUT2D eigenvalue weighted by atomic mass is 9.94. The zero-order valence-corrected chi connectivity index (χ0v) is 18.5. The molecule has 6 nitrogen and oxygen atoms in total. The fraction of sp³-hybridized carbons (Fsp3) is 0.120. The van der Waals surface area contributed by atoms with Gasteiger partial charge in [-0.2, -0.15) is 0 Å². The standard InChI is InChI=1S/C25H19ClFNO5/c1-32-19-10-6-4-8-16(19)23(29)21-22(15-7-3-5-9-18(15)27)28(25(31)24(21)30)14-11-12-20(33-2)17(26)13-14/h3-13,22,29H,1-2H3/b23-21+. The van der Waals surface area contributed by atoms with Gasteiger partial charge in [-0.25, -0.2) is 4.39 Å². The Hall–Kier alpha value is -3.84. The second kappa shape index (κ2) is 8.96. The second-order valence-corrected chi connectivity index (χ2v) is 7.62. The fourth-order valence-electron chi connectivity index (χ4n) is 3.88. The molecule has 8 heteroatoms. The molecule has 4 rings (SSSR count). The number of nitrogens with zero attached hydrogens (tertiary/aromatic N) is 1. The first-order chi connectivity index (χ1) is 15.9. The Morgan fingerprint density at radius 1 is 0.970 bits per heavy atom. The van der Waals surface area contributed by atoms with Crippen molar-refractivity contribution in [1.29, 1.82) is 0 Å². The van der Waals surface area contributed by atoms with Gasteiger partial charge in [0.1, 0.15) is 23.1 Å². The molecular formula is C25H19ClFNO5. The van der Waals surface area contributed by atoms with E-state index in [1.54, 1.807) is 30.3 Å². The van der Waals surface area contributed by atoms with E-state index in [1.807, 2.05) is 0 Å². The number of halogens is 2. The van der Waals surface area contributed by atoms with Crippen LogP contribution in [0.3, 0.4) is 0 Å². The van der Waals surface area contributed by atoms with E-state index in [0.717, 1.165) is 4.90 Å². The summed E-state index contributed by atoms with van der Waals surface area (Å²) in [7, 11) is 2.86. The van der Waals surface area contributed by atoms with E-state index in [1.165, 1.54) is 50.6 Å². The number of rotatable bonds is 5. The topological polar surface area (TPSA) is 76.1 Å². The van der Waals surface area contributed by atoms with Crippen LogP contribution in [-0.2, 0) is 9.59 Å². The van der Waals surface area contributed by atoms with Crippen LogP contribution in [0.15, 0.2) is 72.3 Å². The highest BCUT2D eigenvalue weighted by Crippen LogP contribution is 2.45. The summed E-state index contributed by atoms with van der Waals surface area (Å²) in [4.78, 5) is 27.5. The number of carbonyl (C=O) groups is 2. The summed E-state index contributed by atoms with van der Waals surface area (Å²) in [5.41, 5.74) is 0.226. The van der Waals surface area contributed by atoms with E-state index < -0.39 is 29.3 Å². The molecule has 1 atom stereocenters. The molecule has 0 saturated carbocycles. The van der Waals surface area contributed by atoms with Crippen LogP contribution >= 0.6 is 11.6 Å². The number of anilines is 1. The highest BCUT2D eigenvalue weighted by Gasteiger charge is 2.48. The summed E-state index contributed by atoms with van der Waals surface area (Å²) in [6.07, 6.45) is 0. The average molecular weight is 468 g/mol. The lowest BCUT2D eigenvalue weighted by molar-refractivity contribution is -0.132. The Kier molecular flexibility index (Phi) is 6.07. The molecule has 0 spiro atoms. The van der Waals surface area contributed by atoms with Gasteiger partial charge >= 0.3 is 0 Å². The van der Waals surface area contributed by atoms with E-state index in [-0.39, 0.29) is 27.4 Å². The van der Waals surface area contributed by atoms with Gasteiger partial charge < -0.3 is 14.6 Å². The first-order valence-corrected chi connectivity index (χ1v) is 10.3. The molecule has 0 aromatic heterocycles. The molecule has 3 aromatic rings. The number of carbonyl (C=O) groups excluding carboxylic acids is 2. The average Bonchev–Trinajstić information content (AvgIpc) is 3.09. The minimum atomic E-state index is -1.24. The summed E-state index contributed by atoms with van der Waals surface area (Å²) in [5.74, 6) is -2.34. The van der Waals surface area contributed by atoms with Crippen molar-refractivity contribution in [3.05, 3.63) is 94.3 Å². The number of benzene rings is 3. The molecule has 1 aliphatic rings. The summed E-state index contributed by atoms with van der Waals surface area (Å²) >= 11 is 6.25. The lowest BCUT2D eigenvalue weighted by Gasteiger charge is -2.26. The maximum Gasteiger partial charge on any atom is 0.300 e. The molecule has 0 bridgehead atoms. The van der Waals surface area contributed by atoms with Gasteiger partial charge in [0.15, 0.2) is 0 Å².